The van der Waals surface area contributed by atoms with Gasteiger partial charge in [-0.1, -0.05) is 18.2 Å². The zero-order valence-corrected chi connectivity index (χ0v) is 13.1. The van der Waals surface area contributed by atoms with Gasteiger partial charge in [-0.15, -0.1) is 0 Å². The summed E-state index contributed by atoms with van der Waals surface area (Å²) in [6.45, 7) is 4.47. The zero-order valence-electron chi connectivity index (χ0n) is 13.1. The molecule has 6 heteroatoms. The first-order valence-corrected chi connectivity index (χ1v) is 7.69. The summed E-state index contributed by atoms with van der Waals surface area (Å²) in [5.74, 6) is 0. The van der Waals surface area contributed by atoms with Crippen LogP contribution in [0.25, 0.3) is 10.9 Å². The Hall–Kier alpha value is -2.08. The molecule has 1 aliphatic rings. The minimum absolute atomic E-state index is 0.0176. The molecule has 2 aromatic rings. The van der Waals surface area contributed by atoms with Gasteiger partial charge in [0.05, 0.1) is 30.5 Å². The summed E-state index contributed by atoms with van der Waals surface area (Å²) < 4.78 is 7.24. The monoisotopic (exact) mass is 302 g/mol. The Morgan fingerprint density at radius 2 is 2.27 bits per heavy atom. The quantitative estimate of drug-likeness (QED) is 0.936. The first-order chi connectivity index (χ1) is 10.7. The molecule has 0 aliphatic carbocycles. The molecule has 1 atom stereocenters. The molecule has 3 rings (SSSR count). The molecule has 1 aromatic carbocycles. The second kappa shape index (κ2) is 6.36. The van der Waals surface area contributed by atoms with Crippen LogP contribution < -0.4 is 5.32 Å². The molecule has 118 valence electrons. The molecule has 0 bridgehead atoms. The molecule has 0 saturated carbocycles. The molecular formula is C16H22N4O2. The number of hydrogen-bond donors (Lipinski definition) is 1. The van der Waals surface area contributed by atoms with Gasteiger partial charge in [0, 0.05) is 31.9 Å². The highest BCUT2D eigenvalue weighted by atomic mass is 16.5. The summed E-state index contributed by atoms with van der Waals surface area (Å²) in [5, 5.41) is 8.69. The third-order valence-corrected chi connectivity index (χ3v) is 4.10. The van der Waals surface area contributed by atoms with Gasteiger partial charge in [-0.05, 0) is 13.0 Å². The molecule has 0 spiro atoms. The van der Waals surface area contributed by atoms with Crippen LogP contribution in [0, 0.1) is 0 Å². The van der Waals surface area contributed by atoms with E-state index in [0.29, 0.717) is 26.3 Å². The van der Waals surface area contributed by atoms with E-state index in [0.717, 1.165) is 23.0 Å². The average Bonchev–Trinajstić information content (AvgIpc) is 2.85. The molecule has 2 heterocycles. The third-order valence-electron chi connectivity index (χ3n) is 4.10. The molecule has 2 amide bonds. The van der Waals surface area contributed by atoms with E-state index >= 15 is 0 Å². The van der Waals surface area contributed by atoms with Crippen molar-refractivity contribution in [3.8, 4) is 0 Å². The van der Waals surface area contributed by atoms with Crippen LogP contribution in [0.2, 0.25) is 0 Å². The fourth-order valence-corrected chi connectivity index (χ4v) is 2.89. The summed E-state index contributed by atoms with van der Waals surface area (Å²) in [6.07, 6.45) is 0.728. The van der Waals surface area contributed by atoms with E-state index < -0.39 is 0 Å². The van der Waals surface area contributed by atoms with E-state index in [1.165, 1.54) is 0 Å². The number of aromatic nitrogens is 2. The summed E-state index contributed by atoms with van der Waals surface area (Å²) >= 11 is 0. The number of carbonyl (C=O) groups is 1. The largest absolute Gasteiger partial charge is 0.377 e. The van der Waals surface area contributed by atoms with E-state index in [1.807, 2.05) is 35.7 Å². The second-order valence-electron chi connectivity index (χ2n) is 5.69. The number of benzene rings is 1. The normalized spacial score (nSPS) is 18.6. The maximum absolute atomic E-state index is 12.2. The van der Waals surface area contributed by atoms with Gasteiger partial charge in [-0.2, -0.15) is 5.10 Å². The summed E-state index contributed by atoms with van der Waals surface area (Å²) in [5.41, 5.74) is 2.14. The van der Waals surface area contributed by atoms with E-state index in [2.05, 4.69) is 22.5 Å². The lowest BCUT2D eigenvalue weighted by Crippen LogP contribution is -2.51. The lowest BCUT2D eigenvalue weighted by molar-refractivity contribution is 0.0191. The van der Waals surface area contributed by atoms with Crippen molar-refractivity contribution in [2.75, 3.05) is 26.3 Å². The van der Waals surface area contributed by atoms with Crippen molar-refractivity contribution in [1.29, 1.82) is 0 Å². The smallest absolute Gasteiger partial charge is 0.317 e. The number of carbonyl (C=O) groups excluding carboxylic acids is 1. The Morgan fingerprint density at radius 3 is 3.09 bits per heavy atom. The van der Waals surface area contributed by atoms with Crippen molar-refractivity contribution in [1.82, 2.24) is 20.0 Å². The first kappa shape index (κ1) is 14.8. The Balaban J connectivity index is 1.59. The molecule has 1 saturated heterocycles. The van der Waals surface area contributed by atoms with Crippen molar-refractivity contribution in [2.24, 2.45) is 7.05 Å². The van der Waals surface area contributed by atoms with Gasteiger partial charge in [0.2, 0.25) is 0 Å². The summed E-state index contributed by atoms with van der Waals surface area (Å²) in [7, 11) is 1.94. The van der Waals surface area contributed by atoms with Crippen LogP contribution in [-0.4, -0.2) is 53.1 Å². The first-order valence-electron chi connectivity index (χ1n) is 7.69. The third kappa shape index (κ3) is 2.92. The topological polar surface area (TPSA) is 59.4 Å². The van der Waals surface area contributed by atoms with Crippen molar-refractivity contribution < 1.29 is 9.53 Å². The van der Waals surface area contributed by atoms with Crippen LogP contribution in [-0.2, 0) is 18.2 Å². The highest BCUT2D eigenvalue weighted by Crippen LogP contribution is 2.17. The number of rotatable bonds is 3. The molecule has 0 radical (unpaired) electrons. The fourth-order valence-electron chi connectivity index (χ4n) is 2.89. The van der Waals surface area contributed by atoms with Crippen LogP contribution in [0.1, 0.15) is 12.6 Å². The van der Waals surface area contributed by atoms with Gasteiger partial charge < -0.3 is 15.0 Å². The predicted molar refractivity (Wildman–Crippen MR) is 84.8 cm³/mol. The zero-order chi connectivity index (χ0) is 15.5. The molecule has 1 aromatic heterocycles. The average molecular weight is 302 g/mol. The minimum atomic E-state index is -0.0176. The number of urea groups is 1. The molecule has 1 aliphatic heterocycles. The Labute approximate surface area is 130 Å². The van der Waals surface area contributed by atoms with Gasteiger partial charge in [0.15, 0.2) is 0 Å². The van der Waals surface area contributed by atoms with Crippen molar-refractivity contribution in [2.45, 2.75) is 19.4 Å². The standard InChI is InChI=1S/C16H22N4O2/c1-12-11-22-10-9-20(12)16(21)17-8-7-14-13-5-3-4-6-15(13)19(2)18-14/h3-6,12H,7-11H2,1-2H3,(H,17,21)/t12-/m1/s1. The van der Waals surface area contributed by atoms with Gasteiger partial charge in [0.25, 0.3) is 0 Å². The van der Waals surface area contributed by atoms with E-state index in [1.54, 1.807) is 0 Å². The number of hydrogen-bond acceptors (Lipinski definition) is 3. The van der Waals surface area contributed by atoms with Crippen LogP contribution in [0.15, 0.2) is 24.3 Å². The number of nitrogens with zero attached hydrogens (tertiary/aromatic N) is 3. The summed E-state index contributed by atoms with van der Waals surface area (Å²) in [4.78, 5) is 14.0. The molecule has 22 heavy (non-hydrogen) atoms. The predicted octanol–water partition coefficient (Wildman–Crippen LogP) is 1.55. The van der Waals surface area contributed by atoms with Crippen molar-refractivity contribution >= 4 is 16.9 Å². The number of para-hydroxylation sites is 1. The minimum Gasteiger partial charge on any atom is -0.377 e. The van der Waals surface area contributed by atoms with Crippen LogP contribution in [0.5, 0.6) is 0 Å². The molecule has 6 nitrogen and oxygen atoms in total. The number of fused-ring (bicyclic) bond motifs is 1. The lowest BCUT2D eigenvalue weighted by Gasteiger charge is -2.33. The van der Waals surface area contributed by atoms with Crippen molar-refractivity contribution in [3.63, 3.8) is 0 Å². The second-order valence-corrected chi connectivity index (χ2v) is 5.69. The number of morpholine rings is 1. The highest BCUT2D eigenvalue weighted by Gasteiger charge is 2.23. The van der Waals surface area contributed by atoms with Crippen LogP contribution >= 0.6 is 0 Å². The molecule has 1 N–H and O–H groups in total. The van der Waals surface area contributed by atoms with E-state index in [9.17, 15) is 4.79 Å². The maximum Gasteiger partial charge on any atom is 0.317 e. The number of aryl methyl sites for hydroxylation is 1. The van der Waals surface area contributed by atoms with E-state index in [-0.39, 0.29) is 12.1 Å². The number of amides is 2. The van der Waals surface area contributed by atoms with Crippen LogP contribution in [0.3, 0.4) is 0 Å². The maximum atomic E-state index is 12.2. The number of ether oxygens (including phenoxy) is 1. The highest BCUT2D eigenvalue weighted by molar-refractivity contribution is 5.82. The van der Waals surface area contributed by atoms with Gasteiger partial charge >= 0.3 is 6.03 Å². The Morgan fingerprint density at radius 1 is 1.45 bits per heavy atom. The van der Waals surface area contributed by atoms with Gasteiger partial charge in [-0.25, -0.2) is 4.79 Å². The summed E-state index contributed by atoms with van der Waals surface area (Å²) in [6, 6.07) is 8.26. The number of nitrogens with one attached hydrogen (secondary N) is 1. The Bertz CT molecular complexity index is 667. The molecule has 1 fully saturated rings. The fraction of sp³-hybridized carbons (Fsp3) is 0.500. The SMILES string of the molecule is C[C@@H]1COCCN1C(=O)NCCc1nn(C)c2ccccc12. The molecule has 0 unspecified atom stereocenters. The molecular weight excluding hydrogens is 280 g/mol. The van der Waals surface area contributed by atoms with Gasteiger partial charge in [-0.3, -0.25) is 4.68 Å². The lowest BCUT2D eigenvalue weighted by atomic mass is 10.1. The Kier molecular flexibility index (Phi) is 4.29. The van der Waals surface area contributed by atoms with Crippen molar-refractivity contribution in [3.05, 3.63) is 30.0 Å². The van der Waals surface area contributed by atoms with Crippen LogP contribution in [0.4, 0.5) is 4.79 Å². The van der Waals surface area contributed by atoms with Gasteiger partial charge in [0.1, 0.15) is 0 Å². The van der Waals surface area contributed by atoms with E-state index in [4.69, 9.17) is 4.74 Å².